The molecule has 1 aromatic heterocycles. The molecule has 25 heavy (non-hydrogen) atoms. The van der Waals surface area contributed by atoms with Crippen LogP contribution in [0.2, 0.25) is 0 Å². The van der Waals surface area contributed by atoms with Crippen molar-refractivity contribution >= 4 is 16.0 Å². The van der Waals surface area contributed by atoms with E-state index in [0.29, 0.717) is 12.5 Å². The second-order valence-electron chi connectivity index (χ2n) is 5.56. The zero-order valence-electron chi connectivity index (χ0n) is 14.6. The molecule has 8 heteroatoms. The number of nitrogens with zero attached hydrogens (tertiary/aromatic N) is 2. The topological polar surface area (TPSA) is 87.5 Å². The van der Waals surface area contributed by atoms with Crippen LogP contribution in [0.25, 0.3) is 0 Å². The number of sulfonamides is 1. The molecule has 0 bridgehead atoms. The molecule has 0 aliphatic carbocycles. The van der Waals surface area contributed by atoms with Crippen LogP contribution in [0.5, 0.6) is 0 Å². The van der Waals surface area contributed by atoms with Crippen LogP contribution in [0.4, 0.5) is 0 Å². The highest BCUT2D eigenvalue weighted by Gasteiger charge is 2.08. The number of aromatic nitrogens is 1. The maximum Gasteiger partial charge on any atom is 0.215 e. The van der Waals surface area contributed by atoms with Crippen LogP contribution in [0.1, 0.15) is 11.1 Å². The molecule has 0 unspecified atom stereocenters. The molecule has 0 spiro atoms. The number of hydrogen-bond acceptors (Lipinski definition) is 3. The largest absolute Gasteiger partial charge is 0.355 e. The van der Waals surface area contributed by atoms with E-state index in [-0.39, 0.29) is 5.75 Å². The van der Waals surface area contributed by atoms with Crippen molar-refractivity contribution < 1.29 is 8.42 Å². The highest BCUT2D eigenvalue weighted by molar-refractivity contribution is 7.88. The summed E-state index contributed by atoms with van der Waals surface area (Å²) in [6.45, 7) is 2.18. The molecule has 0 atom stereocenters. The Bertz CT molecular complexity index is 785. The summed E-state index contributed by atoms with van der Waals surface area (Å²) in [5.74, 6) is 0.682. The number of nitrogens with one attached hydrogen (secondary N) is 3. The third kappa shape index (κ3) is 6.60. The lowest BCUT2D eigenvalue weighted by molar-refractivity contribution is 0.587. The summed E-state index contributed by atoms with van der Waals surface area (Å²) in [6.07, 6.45) is 4.03. The first-order valence-corrected chi connectivity index (χ1v) is 9.72. The van der Waals surface area contributed by atoms with Crippen LogP contribution >= 0.6 is 0 Å². The summed E-state index contributed by atoms with van der Waals surface area (Å²) < 4.78 is 27.7. The quantitative estimate of drug-likeness (QED) is 0.480. The first kappa shape index (κ1) is 19.0. The minimum atomic E-state index is -3.27. The monoisotopic (exact) mass is 363 g/mol. The van der Waals surface area contributed by atoms with E-state index in [1.165, 1.54) is 7.05 Å². The average Bonchev–Trinajstić information content (AvgIpc) is 3.11. The molecule has 136 valence electrons. The Morgan fingerprint density at radius 1 is 1.12 bits per heavy atom. The van der Waals surface area contributed by atoms with Crippen LogP contribution < -0.4 is 15.4 Å². The number of benzene rings is 1. The molecule has 0 amide bonds. The highest BCUT2D eigenvalue weighted by Crippen LogP contribution is 2.08. The standard InChI is InChI=1S/C17H25N5O2S/c1-18-17(20-8-11-22-9-3-4-10-22)21-13-15-6-5-7-16(12-15)14-25(23,24)19-2/h3-7,9-10,12,19H,8,11,13-14H2,1-2H3,(H2,18,20,21). The second kappa shape index (κ2) is 9.24. The van der Waals surface area contributed by atoms with Gasteiger partial charge >= 0.3 is 0 Å². The fourth-order valence-electron chi connectivity index (χ4n) is 2.35. The van der Waals surface area contributed by atoms with Crippen LogP contribution in [-0.4, -0.2) is 39.6 Å². The Balaban J connectivity index is 1.84. The Labute approximate surface area is 149 Å². The van der Waals surface area contributed by atoms with E-state index in [0.717, 1.165) is 24.2 Å². The molecule has 1 aromatic carbocycles. The predicted molar refractivity (Wildman–Crippen MR) is 101 cm³/mol. The zero-order valence-corrected chi connectivity index (χ0v) is 15.4. The maximum atomic E-state index is 11.7. The van der Waals surface area contributed by atoms with Crippen molar-refractivity contribution in [3.8, 4) is 0 Å². The Hall–Kier alpha value is -2.32. The second-order valence-corrected chi connectivity index (χ2v) is 7.48. The zero-order chi connectivity index (χ0) is 18.1. The fourth-order valence-corrected chi connectivity index (χ4v) is 3.11. The Morgan fingerprint density at radius 3 is 2.52 bits per heavy atom. The van der Waals surface area contributed by atoms with Crippen LogP contribution in [0, 0.1) is 0 Å². The van der Waals surface area contributed by atoms with E-state index in [1.54, 1.807) is 7.05 Å². The van der Waals surface area contributed by atoms with Gasteiger partial charge in [-0.1, -0.05) is 24.3 Å². The Morgan fingerprint density at radius 2 is 1.84 bits per heavy atom. The summed E-state index contributed by atoms with van der Waals surface area (Å²) in [5.41, 5.74) is 1.75. The normalized spacial score (nSPS) is 12.2. The van der Waals surface area contributed by atoms with Gasteiger partial charge in [-0.3, -0.25) is 4.99 Å². The smallest absolute Gasteiger partial charge is 0.215 e. The van der Waals surface area contributed by atoms with Gasteiger partial charge in [0.25, 0.3) is 0 Å². The third-order valence-electron chi connectivity index (χ3n) is 3.67. The van der Waals surface area contributed by atoms with Gasteiger partial charge in [0.15, 0.2) is 5.96 Å². The summed E-state index contributed by atoms with van der Waals surface area (Å²) >= 11 is 0. The van der Waals surface area contributed by atoms with Gasteiger partial charge in [-0.05, 0) is 30.3 Å². The van der Waals surface area contributed by atoms with E-state index in [2.05, 4.69) is 24.9 Å². The lowest BCUT2D eigenvalue weighted by atomic mass is 10.1. The lowest BCUT2D eigenvalue weighted by Crippen LogP contribution is -2.38. The third-order valence-corrected chi connectivity index (χ3v) is 5.01. The van der Waals surface area contributed by atoms with Crippen molar-refractivity contribution in [3.63, 3.8) is 0 Å². The molecule has 3 N–H and O–H groups in total. The Kier molecular flexibility index (Phi) is 7.03. The number of rotatable bonds is 8. The van der Waals surface area contributed by atoms with Crippen molar-refractivity contribution in [2.45, 2.75) is 18.8 Å². The van der Waals surface area contributed by atoms with E-state index in [4.69, 9.17) is 0 Å². The predicted octanol–water partition coefficient (Wildman–Crippen LogP) is 0.903. The van der Waals surface area contributed by atoms with Crippen molar-refractivity contribution in [2.75, 3.05) is 20.6 Å². The van der Waals surface area contributed by atoms with Crippen molar-refractivity contribution in [1.82, 2.24) is 19.9 Å². The number of guanidine groups is 1. The van der Waals surface area contributed by atoms with Gasteiger partial charge in [-0.15, -0.1) is 0 Å². The first-order chi connectivity index (χ1) is 12.0. The molecule has 2 rings (SSSR count). The molecule has 0 fully saturated rings. The molecular formula is C17H25N5O2S. The molecule has 2 aromatic rings. The van der Waals surface area contributed by atoms with Gasteiger partial charge in [0.05, 0.1) is 5.75 Å². The van der Waals surface area contributed by atoms with Crippen molar-refractivity contribution in [3.05, 3.63) is 59.9 Å². The van der Waals surface area contributed by atoms with Crippen LogP contribution in [0.15, 0.2) is 53.8 Å². The molecule has 0 saturated carbocycles. The molecular weight excluding hydrogens is 338 g/mol. The fraction of sp³-hybridized carbons (Fsp3) is 0.353. The average molecular weight is 363 g/mol. The molecule has 0 saturated heterocycles. The molecule has 0 aliphatic heterocycles. The SMILES string of the molecule is CN=C(NCCn1cccc1)NCc1cccc(CS(=O)(=O)NC)c1. The molecule has 0 radical (unpaired) electrons. The van der Waals surface area contributed by atoms with Gasteiger partial charge in [-0.2, -0.15) is 0 Å². The van der Waals surface area contributed by atoms with Gasteiger partial charge in [-0.25, -0.2) is 13.1 Å². The van der Waals surface area contributed by atoms with E-state index >= 15 is 0 Å². The van der Waals surface area contributed by atoms with Gasteiger partial charge in [0.2, 0.25) is 10.0 Å². The van der Waals surface area contributed by atoms with Crippen molar-refractivity contribution in [2.24, 2.45) is 4.99 Å². The first-order valence-electron chi connectivity index (χ1n) is 8.07. The maximum absolute atomic E-state index is 11.7. The minimum absolute atomic E-state index is 0.0266. The lowest BCUT2D eigenvalue weighted by Gasteiger charge is -2.13. The van der Waals surface area contributed by atoms with Gasteiger partial charge in [0.1, 0.15) is 0 Å². The summed E-state index contributed by atoms with van der Waals surface area (Å²) in [7, 11) is -0.124. The van der Waals surface area contributed by atoms with Crippen LogP contribution in [-0.2, 0) is 28.9 Å². The minimum Gasteiger partial charge on any atom is -0.355 e. The number of hydrogen-bond donors (Lipinski definition) is 3. The van der Waals surface area contributed by atoms with E-state index in [9.17, 15) is 8.42 Å². The number of aliphatic imine (C=N–C) groups is 1. The van der Waals surface area contributed by atoms with Gasteiger partial charge < -0.3 is 15.2 Å². The van der Waals surface area contributed by atoms with Crippen LogP contribution in [0.3, 0.4) is 0 Å². The van der Waals surface area contributed by atoms with E-state index < -0.39 is 10.0 Å². The van der Waals surface area contributed by atoms with Gasteiger partial charge in [0, 0.05) is 39.1 Å². The van der Waals surface area contributed by atoms with E-state index in [1.807, 2.05) is 48.8 Å². The summed E-state index contributed by atoms with van der Waals surface area (Å²) in [4.78, 5) is 4.20. The van der Waals surface area contributed by atoms with Crippen molar-refractivity contribution in [1.29, 1.82) is 0 Å². The highest BCUT2D eigenvalue weighted by atomic mass is 32.2. The molecule has 0 aliphatic rings. The summed E-state index contributed by atoms with van der Waals surface area (Å²) in [5, 5.41) is 6.49. The molecule has 1 heterocycles. The summed E-state index contributed by atoms with van der Waals surface area (Å²) in [6, 6.07) is 11.5. The molecule has 7 nitrogen and oxygen atoms in total.